The summed E-state index contributed by atoms with van der Waals surface area (Å²) in [6.07, 6.45) is 6.19. The van der Waals surface area contributed by atoms with Gasteiger partial charge in [0, 0.05) is 24.4 Å². The summed E-state index contributed by atoms with van der Waals surface area (Å²) in [7, 11) is -0.421. The summed E-state index contributed by atoms with van der Waals surface area (Å²) in [5.74, 6) is 1.83. The van der Waals surface area contributed by atoms with E-state index in [4.69, 9.17) is 21.3 Å². The molecule has 6 rings (SSSR count). The number of piperidine rings is 1. The highest BCUT2D eigenvalue weighted by Crippen LogP contribution is 2.36. The van der Waals surface area contributed by atoms with Gasteiger partial charge in [0.05, 0.1) is 22.1 Å². The molecule has 3 aromatic rings. The van der Waals surface area contributed by atoms with Crippen molar-refractivity contribution in [2.24, 2.45) is 10.9 Å². The number of carbonyl (C=O) groups is 1. The zero-order valence-electron chi connectivity index (χ0n) is 24.3. The number of fused-ring (bicyclic) bond motifs is 1. The molecule has 7 nitrogen and oxygen atoms in total. The van der Waals surface area contributed by atoms with E-state index in [1.807, 2.05) is 30.6 Å². The first-order valence-corrected chi connectivity index (χ1v) is 16.6. The second-order valence-electron chi connectivity index (χ2n) is 11.0. The third-order valence-electron chi connectivity index (χ3n) is 7.67. The Morgan fingerprint density at radius 1 is 1.11 bits per heavy atom. The number of aliphatic imine (C=N–C) groups is 1. The van der Waals surface area contributed by atoms with Crippen molar-refractivity contribution in [3.63, 3.8) is 0 Å². The molecule has 0 radical (unpaired) electrons. The molecule has 2 atom stereocenters. The molecule has 3 aliphatic heterocycles. The van der Waals surface area contributed by atoms with Crippen LogP contribution in [0.3, 0.4) is 0 Å². The number of nitrogens with zero attached hydrogens (tertiary/aromatic N) is 2. The van der Waals surface area contributed by atoms with Crippen molar-refractivity contribution in [2.45, 2.75) is 26.0 Å². The van der Waals surface area contributed by atoms with Crippen LogP contribution in [0.4, 0.5) is 10.1 Å². The first kappa shape index (κ1) is 30.1. The molecule has 44 heavy (non-hydrogen) atoms. The van der Waals surface area contributed by atoms with Gasteiger partial charge in [0.2, 0.25) is 5.91 Å². The van der Waals surface area contributed by atoms with Crippen molar-refractivity contribution < 1.29 is 13.9 Å². The molecule has 1 amide bonds. The number of anilines is 1. The van der Waals surface area contributed by atoms with Crippen LogP contribution in [0.25, 0.3) is 0 Å². The molecule has 0 spiro atoms. The summed E-state index contributed by atoms with van der Waals surface area (Å²) >= 11 is 6.57. The summed E-state index contributed by atoms with van der Waals surface area (Å²) in [6.45, 7) is 3.58. The lowest BCUT2D eigenvalue weighted by Gasteiger charge is -2.28. The predicted molar refractivity (Wildman–Crippen MR) is 179 cm³/mol. The zero-order valence-corrected chi connectivity index (χ0v) is 25.8. The maximum atomic E-state index is 13.5. The number of amides is 1. The largest absolute Gasteiger partial charge is 0.487 e. The highest BCUT2D eigenvalue weighted by molar-refractivity contribution is 8.19. The lowest BCUT2D eigenvalue weighted by molar-refractivity contribution is -0.118. The fourth-order valence-electron chi connectivity index (χ4n) is 5.44. The van der Waals surface area contributed by atoms with E-state index in [1.165, 1.54) is 12.1 Å². The maximum Gasteiger partial charge on any atom is 0.229 e. The zero-order chi connectivity index (χ0) is 30.3. The molecule has 0 saturated carbocycles. The minimum Gasteiger partial charge on any atom is -0.487 e. The topological polar surface area (TPSA) is 78.0 Å². The summed E-state index contributed by atoms with van der Waals surface area (Å²) in [4.78, 5) is 21.1. The van der Waals surface area contributed by atoms with E-state index < -0.39 is 10.5 Å². The van der Waals surface area contributed by atoms with Gasteiger partial charge in [-0.1, -0.05) is 54.1 Å². The molecule has 0 bridgehead atoms. The minimum atomic E-state index is -0.421. The fraction of sp³-hybridized carbons (Fsp3) is 0.265. The van der Waals surface area contributed by atoms with Gasteiger partial charge in [0.25, 0.3) is 0 Å². The Kier molecular flexibility index (Phi) is 9.75. The van der Waals surface area contributed by atoms with Crippen LogP contribution in [-0.4, -0.2) is 47.5 Å². The normalized spacial score (nSPS) is 19.2. The Bertz CT molecular complexity index is 1640. The molecule has 1 fully saturated rings. The molecule has 228 valence electrons. The van der Waals surface area contributed by atoms with Crippen LogP contribution < -0.4 is 20.7 Å². The van der Waals surface area contributed by atoms with Gasteiger partial charge in [-0.3, -0.25) is 4.79 Å². The monoisotopic (exact) mass is 631 g/mol. The van der Waals surface area contributed by atoms with Crippen LogP contribution in [0.15, 0.2) is 101 Å². The average molecular weight is 632 g/mol. The van der Waals surface area contributed by atoms with Crippen LogP contribution in [0, 0.1) is 11.7 Å². The standard InChI is InChI=1S/C34H35ClFN5O2S/c35-30-17-28(11-12-31(30)43-21-25-8-4-10-27(36)16-25)40-33-29-13-15-44(22-32(42)38-19-26-9-5-14-37-18-26)34(29)41(23-39-33)20-24-6-2-1-3-7-24/h1-4,6-8,10-13,15-17,23,26,37,40H,5,9,14,18-22H2,(H,38,42). The van der Waals surface area contributed by atoms with E-state index in [-0.39, 0.29) is 18.3 Å². The first-order valence-electron chi connectivity index (χ1n) is 14.8. The molecular weight excluding hydrogens is 597 g/mol. The Hall–Kier alpha value is -3.92. The molecule has 2 unspecified atom stereocenters. The number of hydrogen-bond donors (Lipinski definition) is 3. The van der Waals surface area contributed by atoms with E-state index in [9.17, 15) is 9.18 Å². The Labute approximate surface area is 264 Å². The minimum absolute atomic E-state index is 0.0644. The lowest BCUT2D eigenvalue weighted by Crippen LogP contribution is -2.39. The molecule has 0 aliphatic carbocycles. The SMILES string of the molecule is O=C(CS1=C2C(=C(Nc3ccc(OCc4cccc(F)c4)c(Cl)c3)N=CN2Cc2ccccc2)C=C1)NCC1CCCNC1. The molecule has 1 saturated heterocycles. The van der Waals surface area contributed by atoms with Crippen LogP contribution in [-0.2, 0) is 17.9 Å². The lowest BCUT2D eigenvalue weighted by atomic mass is 10.00. The van der Waals surface area contributed by atoms with Crippen molar-refractivity contribution in [1.82, 2.24) is 15.5 Å². The summed E-state index contributed by atoms with van der Waals surface area (Å²) < 4.78 is 19.4. The fourth-order valence-corrected chi connectivity index (χ4v) is 7.58. The summed E-state index contributed by atoms with van der Waals surface area (Å²) in [6, 6.07) is 22.0. The van der Waals surface area contributed by atoms with Gasteiger partial charge in [-0.2, -0.15) is 0 Å². The van der Waals surface area contributed by atoms with Gasteiger partial charge >= 0.3 is 0 Å². The van der Waals surface area contributed by atoms with Gasteiger partial charge in [0.1, 0.15) is 24.0 Å². The van der Waals surface area contributed by atoms with E-state index in [2.05, 4.69) is 44.5 Å². The van der Waals surface area contributed by atoms with Crippen molar-refractivity contribution in [3.05, 3.63) is 118 Å². The number of carbonyl (C=O) groups excluding carboxylic acids is 1. The molecule has 3 aliphatic rings. The Balaban J connectivity index is 1.19. The number of nitrogens with one attached hydrogen (secondary N) is 3. The average Bonchev–Trinajstić information content (AvgIpc) is 3.46. The summed E-state index contributed by atoms with van der Waals surface area (Å²) in [5.41, 5.74) is 3.59. The Morgan fingerprint density at radius 2 is 1.98 bits per heavy atom. The second kappa shape index (κ2) is 14.2. The van der Waals surface area contributed by atoms with Gasteiger partial charge in [-0.15, -0.1) is 10.5 Å². The van der Waals surface area contributed by atoms with Crippen molar-refractivity contribution >= 4 is 45.0 Å². The number of rotatable bonds is 11. The van der Waals surface area contributed by atoms with Gasteiger partial charge in [-0.05, 0) is 84.8 Å². The summed E-state index contributed by atoms with van der Waals surface area (Å²) in [5, 5.41) is 12.6. The quantitative estimate of drug-likeness (QED) is 0.218. The van der Waals surface area contributed by atoms with Crippen LogP contribution in [0.2, 0.25) is 5.02 Å². The van der Waals surface area contributed by atoms with Crippen LogP contribution >= 0.6 is 22.1 Å². The van der Waals surface area contributed by atoms with E-state index in [0.29, 0.717) is 41.4 Å². The van der Waals surface area contributed by atoms with Crippen molar-refractivity contribution in [2.75, 3.05) is 30.7 Å². The molecule has 3 heterocycles. The molecule has 3 N–H and O–H groups in total. The van der Waals surface area contributed by atoms with Crippen LogP contribution in [0.5, 0.6) is 5.75 Å². The molecule has 10 heteroatoms. The third kappa shape index (κ3) is 7.59. The highest BCUT2D eigenvalue weighted by atomic mass is 35.5. The highest BCUT2D eigenvalue weighted by Gasteiger charge is 2.27. The van der Waals surface area contributed by atoms with E-state index >= 15 is 0 Å². The molecular formula is C34H35ClFN5O2S. The molecule has 3 aromatic carbocycles. The number of hydrogen-bond acceptors (Lipinski definition) is 6. The Morgan fingerprint density at radius 3 is 2.77 bits per heavy atom. The number of benzene rings is 3. The second-order valence-corrected chi connectivity index (χ2v) is 13.2. The van der Waals surface area contributed by atoms with Crippen molar-refractivity contribution in [3.8, 4) is 5.75 Å². The maximum absolute atomic E-state index is 13.5. The van der Waals surface area contributed by atoms with Gasteiger partial charge in [-0.25, -0.2) is 9.38 Å². The van der Waals surface area contributed by atoms with Crippen molar-refractivity contribution in [1.29, 1.82) is 0 Å². The predicted octanol–water partition coefficient (Wildman–Crippen LogP) is 6.27. The van der Waals surface area contributed by atoms with Gasteiger partial charge in [0.15, 0.2) is 0 Å². The van der Waals surface area contributed by atoms with E-state index in [1.54, 1.807) is 24.3 Å². The van der Waals surface area contributed by atoms with Crippen LogP contribution in [0.1, 0.15) is 24.0 Å². The molecule has 0 aromatic heterocycles. The van der Waals surface area contributed by atoms with Gasteiger partial charge < -0.3 is 25.6 Å². The number of halogens is 2. The van der Waals surface area contributed by atoms with E-state index in [0.717, 1.165) is 53.3 Å². The first-order chi connectivity index (χ1) is 21.5. The third-order valence-corrected chi connectivity index (χ3v) is 9.95. The number of ether oxygens (including phenoxy) is 1. The smallest absolute Gasteiger partial charge is 0.229 e.